The monoisotopic (exact) mass is 317 g/mol. The van der Waals surface area contributed by atoms with Crippen molar-refractivity contribution in [3.63, 3.8) is 0 Å². The Morgan fingerprint density at radius 3 is 2.43 bits per heavy atom. The maximum Gasteiger partial charge on any atom is 0.191 e. The van der Waals surface area contributed by atoms with Gasteiger partial charge in [0.15, 0.2) is 5.96 Å². The van der Waals surface area contributed by atoms with E-state index in [4.69, 9.17) is 9.73 Å². The SMILES string of the molecule is CCNC(=NCc1ccc(COCC)cc1)NC1CCCCC1. The normalized spacial score (nSPS) is 16.3. The van der Waals surface area contributed by atoms with Crippen LogP contribution in [-0.2, 0) is 17.9 Å². The van der Waals surface area contributed by atoms with Crippen molar-refractivity contribution in [2.24, 2.45) is 4.99 Å². The van der Waals surface area contributed by atoms with Gasteiger partial charge in [-0.15, -0.1) is 0 Å². The Labute approximate surface area is 140 Å². The summed E-state index contributed by atoms with van der Waals surface area (Å²) in [6, 6.07) is 9.11. The second kappa shape index (κ2) is 10.3. The molecule has 1 saturated carbocycles. The molecular weight excluding hydrogens is 286 g/mol. The molecule has 0 aromatic heterocycles. The van der Waals surface area contributed by atoms with Gasteiger partial charge >= 0.3 is 0 Å². The van der Waals surface area contributed by atoms with Crippen LogP contribution < -0.4 is 10.6 Å². The van der Waals surface area contributed by atoms with Crippen molar-refractivity contribution in [1.82, 2.24) is 10.6 Å². The fourth-order valence-electron chi connectivity index (χ4n) is 2.89. The molecule has 0 unspecified atom stereocenters. The van der Waals surface area contributed by atoms with Crippen LogP contribution in [0.1, 0.15) is 57.1 Å². The predicted octanol–water partition coefficient (Wildman–Crippen LogP) is 3.61. The molecule has 1 aliphatic rings. The fraction of sp³-hybridized carbons (Fsp3) is 0.632. The Bertz CT molecular complexity index is 464. The van der Waals surface area contributed by atoms with Crippen LogP contribution in [0.2, 0.25) is 0 Å². The minimum Gasteiger partial charge on any atom is -0.377 e. The first-order chi connectivity index (χ1) is 11.3. The molecule has 1 fully saturated rings. The van der Waals surface area contributed by atoms with Crippen molar-refractivity contribution in [3.8, 4) is 0 Å². The average molecular weight is 317 g/mol. The van der Waals surface area contributed by atoms with E-state index in [-0.39, 0.29) is 0 Å². The maximum absolute atomic E-state index is 5.43. The van der Waals surface area contributed by atoms with Crippen LogP contribution in [0, 0.1) is 0 Å². The zero-order valence-corrected chi connectivity index (χ0v) is 14.6. The third-order valence-electron chi connectivity index (χ3n) is 4.21. The zero-order valence-electron chi connectivity index (χ0n) is 14.6. The van der Waals surface area contributed by atoms with Gasteiger partial charge in [-0.2, -0.15) is 0 Å². The summed E-state index contributed by atoms with van der Waals surface area (Å²) < 4.78 is 5.43. The van der Waals surface area contributed by atoms with Gasteiger partial charge in [0, 0.05) is 19.2 Å². The topological polar surface area (TPSA) is 45.7 Å². The largest absolute Gasteiger partial charge is 0.377 e. The lowest BCUT2D eigenvalue weighted by Crippen LogP contribution is -2.44. The van der Waals surface area contributed by atoms with Crippen molar-refractivity contribution >= 4 is 5.96 Å². The van der Waals surface area contributed by atoms with Gasteiger partial charge in [0.2, 0.25) is 0 Å². The molecule has 0 radical (unpaired) electrons. The van der Waals surface area contributed by atoms with Gasteiger partial charge in [-0.1, -0.05) is 43.5 Å². The number of nitrogens with zero attached hydrogens (tertiary/aromatic N) is 1. The molecule has 4 nitrogen and oxygen atoms in total. The molecule has 0 atom stereocenters. The van der Waals surface area contributed by atoms with Gasteiger partial charge in [-0.3, -0.25) is 0 Å². The van der Waals surface area contributed by atoms with E-state index in [1.807, 2.05) is 6.92 Å². The van der Waals surface area contributed by atoms with E-state index in [0.717, 1.165) is 19.1 Å². The average Bonchev–Trinajstić information content (AvgIpc) is 2.60. The smallest absolute Gasteiger partial charge is 0.191 e. The van der Waals surface area contributed by atoms with Crippen LogP contribution in [0.25, 0.3) is 0 Å². The Morgan fingerprint density at radius 1 is 1.09 bits per heavy atom. The maximum atomic E-state index is 5.43. The molecule has 2 rings (SSSR count). The fourth-order valence-corrected chi connectivity index (χ4v) is 2.89. The Hall–Kier alpha value is -1.55. The second-order valence-corrected chi connectivity index (χ2v) is 6.13. The Morgan fingerprint density at radius 2 is 1.78 bits per heavy atom. The van der Waals surface area contributed by atoms with Crippen LogP contribution in [0.5, 0.6) is 0 Å². The minimum absolute atomic E-state index is 0.579. The van der Waals surface area contributed by atoms with Crippen LogP contribution >= 0.6 is 0 Å². The highest BCUT2D eigenvalue weighted by molar-refractivity contribution is 5.80. The third-order valence-corrected chi connectivity index (χ3v) is 4.21. The van der Waals surface area contributed by atoms with Crippen molar-refractivity contribution in [1.29, 1.82) is 0 Å². The third kappa shape index (κ3) is 6.61. The lowest BCUT2D eigenvalue weighted by molar-refractivity contribution is 0.134. The molecule has 0 aliphatic heterocycles. The molecular formula is C19H31N3O. The number of hydrogen-bond donors (Lipinski definition) is 2. The van der Waals surface area contributed by atoms with Crippen LogP contribution in [0.15, 0.2) is 29.3 Å². The highest BCUT2D eigenvalue weighted by Crippen LogP contribution is 2.17. The van der Waals surface area contributed by atoms with Gasteiger partial charge in [0.05, 0.1) is 13.2 Å². The molecule has 128 valence electrons. The van der Waals surface area contributed by atoms with E-state index in [0.29, 0.717) is 19.2 Å². The van der Waals surface area contributed by atoms with Crippen molar-refractivity contribution in [2.45, 2.75) is 65.1 Å². The molecule has 0 spiro atoms. The van der Waals surface area contributed by atoms with E-state index in [2.05, 4.69) is 41.8 Å². The Kier molecular flexibility index (Phi) is 7.95. The summed E-state index contributed by atoms with van der Waals surface area (Å²) in [7, 11) is 0. The summed E-state index contributed by atoms with van der Waals surface area (Å²) >= 11 is 0. The minimum atomic E-state index is 0.579. The zero-order chi connectivity index (χ0) is 16.3. The Balaban J connectivity index is 1.88. The first-order valence-electron chi connectivity index (χ1n) is 9.02. The summed E-state index contributed by atoms with van der Waals surface area (Å²) in [6.07, 6.45) is 6.56. The van der Waals surface area contributed by atoms with Gasteiger partial charge < -0.3 is 15.4 Å². The van der Waals surface area contributed by atoms with E-state index in [1.54, 1.807) is 0 Å². The van der Waals surface area contributed by atoms with E-state index in [1.165, 1.54) is 43.2 Å². The van der Waals surface area contributed by atoms with Gasteiger partial charge in [-0.25, -0.2) is 4.99 Å². The highest BCUT2D eigenvalue weighted by atomic mass is 16.5. The second-order valence-electron chi connectivity index (χ2n) is 6.13. The summed E-state index contributed by atoms with van der Waals surface area (Å²) in [5.74, 6) is 0.942. The summed E-state index contributed by atoms with van der Waals surface area (Å²) in [5, 5.41) is 6.94. The van der Waals surface area contributed by atoms with Crippen molar-refractivity contribution in [3.05, 3.63) is 35.4 Å². The molecule has 23 heavy (non-hydrogen) atoms. The van der Waals surface area contributed by atoms with Crippen LogP contribution in [-0.4, -0.2) is 25.2 Å². The molecule has 0 heterocycles. The standard InChI is InChI=1S/C19H31N3O/c1-3-20-19(22-18-8-6-5-7-9-18)21-14-16-10-12-17(13-11-16)15-23-4-2/h10-13,18H,3-9,14-15H2,1-2H3,(H2,20,21,22). The van der Waals surface area contributed by atoms with E-state index >= 15 is 0 Å². The number of benzene rings is 1. The summed E-state index contributed by atoms with van der Waals surface area (Å²) in [6.45, 7) is 7.17. The number of rotatable bonds is 7. The number of nitrogens with one attached hydrogen (secondary N) is 2. The number of ether oxygens (including phenoxy) is 1. The molecule has 4 heteroatoms. The van der Waals surface area contributed by atoms with Crippen molar-refractivity contribution < 1.29 is 4.74 Å². The molecule has 0 saturated heterocycles. The molecule has 0 amide bonds. The molecule has 1 aromatic carbocycles. The van der Waals surface area contributed by atoms with Gasteiger partial charge in [0.1, 0.15) is 0 Å². The number of guanidine groups is 1. The first kappa shape index (κ1) is 17.8. The van der Waals surface area contributed by atoms with E-state index in [9.17, 15) is 0 Å². The van der Waals surface area contributed by atoms with Crippen LogP contribution in [0.3, 0.4) is 0 Å². The van der Waals surface area contributed by atoms with Crippen LogP contribution in [0.4, 0.5) is 0 Å². The predicted molar refractivity (Wildman–Crippen MR) is 96.6 cm³/mol. The molecule has 0 bridgehead atoms. The number of aliphatic imine (C=N–C) groups is 1. The van der Waals surface area contributed by atoms with E-state index < -0.39 is 0 Å². The number of hydrogen-bond acceptors (Lipinski definition) is 2. The lowest BCUT2D eigenvalue weighted by Gasteiger charge is -2.24. The quantitative estimate of drug-likeness (QED) is 0.596. The molecule has 1 aliphatic carbocycles. The lowest BCUT2D eigenvalue weighted by atomic mass is 9.96. The molecule has 1 aromatic rings. The van der Waals surface area contributed by atoms with Gasteiger partial charge in [-0.05, 0) is 37.8 Å². The highest BCUT2D eigenvalue weighted by Gasteiger charge is 2.14. The summed E-state index contributed by atoms with van der Waals surface area (Å²) in [4.78, 5) is 4.73. The molecule has 2 N–H and O–H groups in total. The summed E-state index contributed by atoms with van der Waals surface area (Å²) in [5.41, 5.74) is 2.44. The van der Waals surface area contributed by atoms with Crippen molar-refractivity contribution in [2.75, 3.05) is 13.2 Å². The first-order valence-corrected chi connectivity index (χ1v) is 9.02. The van der Waals surface area contributed by atoms with Gasteiger partial charge in [0.25, 0.3) is 0 Å².